The van der Waals surface area contributed by atoms with E-state index in [0.717, 1.165) is 10.5 Å². The van der Waals surface area contributed by atoms with Crippen molar-refractivity contribution in [2.24, 2.45) is 35.3 Å². The van der Waals surface area contributed by atoms with Gasteiger partial charge in [-0.05, 0) is 101 Å². The van der Waals surface area contributed by atoms with E-state index in [0.29, 0.717) is 64.2 Å². The minimum atomic E-state index is -2.46. The number of allylic oxidation sites excluding steroid dienone is 5. The maximum absolute atomic E-state index is 14.4. The number of rotatable bonds is 6. The van der Waals surface area contributed by atoms with Gasteiger partial charge in [0.05, 0.1) is 24.4 Å². The number of carbonyl (C=O) groups excluding carboxylic acids is 5. The summed E-state index contributed by atoms with van der Waals surface area (Å²) in [4.78, 5) is 69.4. The van der Waals surface area contributed by atoms with Crippen LogP contribution in [0.4, 0.5) is 4.79 Å². The lowest BCUT2D eigenvalue weighted by molar-refractivity contribution is -0.265. The first-order valence-corrected chi connectivity index (χ1v) is 24.6. The molecular formula is C51H81N3O14. The molecule has 0 aromatic carbocycles. The van der Waals surface area contributed by atoms with Crippen LogP contribution in [0.3, 0.4) is 0 Å². The number of ether oxygens (including phenoxy) is 5. The minimum absolute atomic E-state index is 0.0459. The quantitative estimate of drug-likeness (QED) is 0.123. The van der Waals surface area contributed by atoms with Gasteiger partial charge in [0.1, 0.15) is 30.5 Å². The molecule has 0 aromatic rings. The fraction of sp³-hybridized carbons (Fsp3) is 0.745. The maximum Gasteiger partial charge on any atom is 0.407 e. The molecular weight excluding hydrogens is 879 g/mol. The molecule has 68 heavy (non-hydrogen) atoms. The summed E-state index contributed by atoms with van der Waals surface area (Å²) in [5.41, 5.74) is 8.02. The van der Waals surface area contributed by atoms with Gasteiger partial charge in [0, 0.05) is 64.4 Å². The van der Waals surface area contributed by atoms with Gasteiger partial charge in [-0.2, -0.15) is 0 Å². The molecule has 2 bridgehead atoms. The fourth-order valence-electron chi connectivity index (χ4n) is 10.1. The van der Waals surface area contributed by atoms with Gasteiger partial charge in [0.2, 0.25) is 5.79 Å². The van der Waals surface area contributed by atoms with Crippen molar-refractivity contribution < 1.29 is 68.1 Å². The Hall–Kier alpha value is -3.81. The minimum Gasteiger partial charge on any atom is -0.459 e. The number of nitrogens with zero attached hydrogens (tertiary/aromatic N) is 1. The summed E-state index contributed by atoms with van der Waals surface area (Å²) < 4.78 is 29.4. The SMILES string of the molecule is CNC(=O)O[C@@H]1CC[C@@H](C[C@@H](N)[C@@H]2C[C@@H](O)[C@H](C)/C=C(\C)[C@@H](O)[C@@H](O)C(=O)[C@H](C)C[C@H](C)/C=C/C=C/C=C(\C)[C@@H](OC)C[C@@H]3CC[C@@H](C)[C@@](O)(O3)C(=O)C(=O)N3CCCC[C@H]3C(=O)O2)C[C@H]1OC. The summed E-state index contributed by atoms with van der Waals surface area (Å²) in [7, 11) is 4.56. The molecule has 7 N–H and O–H groups in total. The Labute approximate surface area is 402 Å². The Kier molecular flexibility index (Phi) is 22.1. The van der Waals surface area contributed by atoms with Gasteiger partial charge in [-0.15, -0.1) is 0 Å². The van der Waals surface area contributed by atoms with Crippen LogP contribution in [0.15, 0.2) is 47.6 Å². The van der Waals surface area contributed by atoms with Gasteiger partial charge in [0.15, 0.2) is 5.78 Å². The van der Waals surface area contributed by atoms with Crippen molar-refractivity contribution in [3.8, 4) is 0 Å². The highest BCUT2D eigenvalue weighted by molar-refractivity contribution is 6.39. The lowest BCUT2D eigenvalue weighted by Crippen LogP contribution is -2.61. The number of aliphatic hydroxyl groups excluding tert-OH is 3. The molecule has 0 aromatic heterocycles. The largest absolute Gasteiger partial charge is 0.459 e. The lowest BCUT2D eigenvalue weighted by Gasteiger charge is -2.42. The van der Waals surface area contributed by atoms with E-state index in [9.17, 15) is 44.4 Å². The van der Waals surface area contributed by atoms with E-state index in [1.165, 1.54) is 14.2 Å². The molecule has 3 fully saturated rings. The number of nitrogens with one attached hydrogen (secondary N) is 1. The normalized spacial score (nSPS) is 40.1. The number of nitrogens with two attached hydrogens (primary N) is 1. The van der Waals surface area contributed by atoms with E-state index in [1.807, 2.05) is 44.2 Å². The molecule has 4 rings (SSSR count). The molecule has 3 heterocycles. The van der Waals surface area contributed by atoms with Crippen molar-refractivity contribution in [2.45, 2.75) is 185 Å². The topological polar surface area (TPSA) is 254 Å². The summed E-state index contributed by atoms with van der Waals surface area (Å²) >= 11 is 0. The predicted molar refractivity (Wildman–Crippen MR) is 253 cm³/mol. The Balaban J connectivity index is 1.68. The summed E-state index contributed by atoms with van der Waals surface area (Å²) in [6, 6.07) is -2.05. The van der Waals surface area contributed by atoms with Gasteiger partial charge in [0.25, 0.3) is 11.7 Å². The summed E-state index contributed by atoms with van der Waals surface area (Å²) in [6.07, 6.45) is 7.35. The molecule has 17 heteroatoms. The standard InChI is InChI=1S/C51H81N3O14/c1-29-15-11-10-12-16-30(2)41(64-8)27-36-20-18-34(6)51(63,68-36)47(59)48(60)54-22-14-13-17-38(54)49(61)66-42(37(52)25-35-19-21-40(43(26-35)65-9)67-50(62)53-7)28-39(55)31(3)24-33(5)45(57)46(58)44(56)32(4)23-29/h10-12,15-16,24,29,31-32,34-43,45-46,55,57-58,63H,13-14,17-23,25-28,52H2,1-9H3,(H,53,62)/b12-10+,15-11+,30-16+,33-24+/t29-,31-,32-,34-,35+,36+,37-,38+,39-,40-,41+,42+,43-,45-,46+,51-/m1/s1. The number of methoxy groups -OCH3 is 2. The Morgan fingerprint density at radius 1 is 0.882 bits per heavy atom. The zero-order valence-electron chi connectivity index (χ0n) is 41.7. The third kappa shape index (κ3) is 15.1. The molecule has 2 saturated heterocycles. The van der Waals surface area contributed by atoms with Crippen LogP contribution in [0.5, 0.6) is 0 Å². The average molecular weight is 960 g/mol. The van der Waals surface area contributed by atoms with Crippen LogP contribution in [0, 0.1) is 29.6 Å². The van der Waals surface area contributed by atoms with Gasteiger partial charge in [-0.3, -0.25) is 14.4 Å². The van der Waals surface area contributed by atoms with Crippen LogP contribution < -0.4 is 11.1 Å². The van der Waals surface area contributed by atoms with E-state index in [2.05, 4.69) is 5.32 Å². The number of Topliss-reactive ketones (excluding diaryl/α,β-unsaturated/α-hetero) is 2. The van der Waals surface area contributed by atoms with E-state index < -0.39 is 114 Å². The van der Waals surface area contributed by atoms with Crippen LogP contribution in [-0.2, 0) is 42.9 Å². The first kappa shape index (κ1) is 56.8. The molecule has 1 saturated carbocycles. The third-order valence-electron chi connectivity index (χ3n) is 14.6. The van der Waals surface area contributed by atoms with E-state index in [1.54, 1.807) is 40.9 Å². The molecule has 0 spiro atoms. The first-order chi connectivity index (χ1) is 32.1. The average Bonchev–Trinajstić information content (AvgIpc) is 3.32. The van der Waals surface area contributed by atoms with Crippen molar-refractivity contribution in [2.75, 3.05) is 27.8 Å². The maximum atomic E-state index is 14.4. The van der Waals surface area contributed by atoms with E-state index in [-0.39, 0.29) is 36.8 Å². The second kappa shape index (κ2) is 26.4. The number of esters is 1. The van der Waals surface area contributed by atoms with Crippen molar-refractivity contribution in [3.63, 3.8) is 0 Å². The number of piperidine rings is 1. The monoisotopic (exact) mass is 960 g/mol. The van der Waals surface area contributed by atoms with Gasteiger partial charge in [-0.1, -0.05) is 64.2 Å². The number of carbonyl (C=O) groups is 5. The highest BCUT2D eigenvalue weighted by Gasteiger charge is 2.53. The predicted octanol–water partition coefficient (Wildman–Crippen LogP) is 4.37. The molecule has 4 aliphatic rings. The van der Waals surface area contributed by atoms with Crippen molar-refractivity contribution in [3.05, 3.63) is 47.6 Å². The number of cyclic esters (lactones) is 1. The lowest BCUT2D eigenvalue weighted by atomic mass is 9.80. The second-order valence-electron chi connectivity index (χ2n) is 19.9. The van der Waals surface area contributed by atoms with E-state index >= 15 is 0 Å². The molecule has 0 radical (unpaired) electrons. The number of hydrogen-bond donors (Lipinski definition) is 6. The summed E-state index contributed by atoms with van der Waals surface area (Å²) in [5.74, 6) is -8.14. The molecule has 2 amide bonds. The Morgan fingerprint density at radius 2 is 1.60 bits per heavy atom. The van der Waals surface area contributed by atoms with Crippen LogP contribution in [-0.4, -0.2) is 149 Å². The first-order valence-electron chi connectivity index (χ1n) is 24.6. The van der Waals surface area contributed by atoms with E-state index in [4.69, 9.17) is 29.4 Å². The summed E-state index contributed by atoms with van der Waals surface area (Å²) in [6.45, 7) is 10.5. The highest BCUT2D eigenvalue weighted by Crippen LogP contribution is 2.37. The van der Waals surface area contributed by atoms with Crippen molar-refractivity contribution in [1.82, 2.24) is 10.2 Å². The van der Waals surface area contributed by atoms with Crippen LogP contribution >= 0.6 is 0 Å². The molecule has 384 valence electrons. The van der Waals surface area contributed by atoms with Gasteiger partial charge < -0.3 is 60.1 Å². The Morgan fingerprint density at radius 3 is 2.28 bits per heavy atom. The molecule has 17 nitrogen and oxygen atoms in total. The molecule has 16 atom stereocenters. The molecule has 3 aliphatic heterocycles. The number of alkyl carbamates (subject to hydrolysis) is 1. The molecule has 1 aliphatic carbocycles. The van der Waals surface area contributed by atoms with Crippen LogP contribution in [0.1, 0.15) is 119 Å². The van der Waals surface area contributed by atoms with Crippen molar-refractivity contribution >= 4 is 29.5 Å². The van der Waals surface area contributed by atoms with Crippen LogP contribution in [0.25, 0.3) is 0 Å². The molecule has 0 unspecified atom stereocenters. The van der Waals surface area contributed by atoms with Gasteiger partial charge in [-0.25, -0.2) is 9.59 Å². The zero-order chi connectivity index (χ0) is 50.5. The van der Waals surface area contributed by atoms with Gasteiger partial charge >= 0.3 is 12.1 Å². The second-order valence-corrected chi connectivity index (χ2v) is 19.9. The zero-order valence-corrected chi connectivity index (χ0v) is 41.7. The number of aliphatic hydroxyl groups is 4. The number of hydrogen-bond acceptors (Lipinski definition) is 15. The fourth-order valence-corrected chi connectivity index (χ4v) is 10.1. The van der Waals surface area contributed by atoms with Crippen molar-refractivity contribution in [1.29, 1.82) is 0 Å². The number of ketones is 2. The smallest absolute Gasteiger partial charge is 0.407 e. The Bertz CT molecular complexity index is 1840. The van der Waals surface area contributed by atoms with Crippen LogP contribution in [0.2, 0.25) is 0 Å². The third-order valence-corrected chi connectivity index (χ3v) is 14.6. The number of fused-ring (bicyclic) bond motifs is 3. The number of amides is 2. The highest BCUT2D eigenvalue weighted by atomic mass is 16.6. The summed E-state index contributed by atoms with van der Waals surface area (Å²) in [5, 5.41) is 48.3.